The Kier molecular flexibility index (Phi) is 7.42. The maximum atomic E-state index is 5.41. The van der Waals surface area contributed by atoms with E-state index >= 15 is 0 Å². The van der Waals surface area contributed by atoms with Crippen LogP contribution in [0, 0.1) is 0 Å². The average Bonchev–Trinajstić information content (AvgIpc) is 3.80. The van der Waals surface area contributed by atoms with Crippen LogP contribution in [0.4, 0.5) is 0 Å². The topological polar surface area (TPSA) is 48.5 Å². The van der Waals surface area contributed by atoms with E-state index < -0.39 is 0 Å². The van der Waals surface area contributed by atoms with E-state index in [1.54, 1.807) is 0 Å². The Balaban J connectivity index is 1.21. The summed E-state index contributed by atoms with van der Waals surface area (Å²) in [5, 5.41) is 4.57. The van der Waals surface area contributed by atoms with Gasteiger partial charge in [0, 0.05) is 27.1 Å². The molecule has 5 heteroatoms. The van der Waals surface area contributed by atoms with Crippen LogP contribution in [-0.2, 0) is 0 Å². The Bertz CT molecular complexity index is 3200. The van der Waals surface area contributed by atoms with Gasteiger partial charge in [0.05, 0.1) is 22.1 Å². The molecule has 262 valence electrons. The summed E-state index contributed by atoms with van der Waals surface area (Å²) >= 11 is 0. The molecule has 3 heterocycles. The van der Waals surface area contributed by atoms with Crippen molar-refractivity contribution < 1.29 is 0 Å². The van der Waals surface area contributed by atoms with Gasteiger partial charge in [-0.05, 0) is 63.7 Å². The molecule has 5 nitrogen and oxygen atoms in total. The normalized spacial score (nSPS) is 11.6. The number of nitrogens with zero attached hydrogens (tertiary/aromatic N) is 5. The van der Waals surface area contributed by atoms with Crippen LogP contribution < -0.4 is 0 Å². The van der Waals surface area contributed by atoms with Crippen molar-refractivity contribution in [2.24, 2.45) is 0 Å². The molecule has 0 spiro atoms. The second kappa shape index (κ2) is 13.0. The van der Waals surface area contributed by atoms with Gasteiger partial charge in [-0.15, -0.1) is 0 Å². The van der Waals surface area contributed by atoms with Crippen molar-refractivity contribution in [3.8, 4) is 56.7 Å². The molecule has 0 N–H and O–H groups in total. The van der Waals surface area contributed by atoms with Gasteiger partial charge in [0.2, 0.25) is 11.9 Å². The zero-order valence-electron chi connectivity index (χ0n) is 30.3. The van der Waals surface area contributed by atoms with Crippen LogP contribution in [0.3, 0.4) is 0 Å². The average molecular weight is 716 g/mol. The Hall–Kier alpha value is -7.63. The van der Waals surface area contributed by atoms with Gasteiger partial charge in [-0.25, -0.2) is 0 Å². The van der Waals surface area contributed by atoms with Crippen LogP contribution in [0.2, 0.25) is 0 Å². The Labute approximate surface area is 323 Å². The summed E-state index contributed by atoms with van der Waals surface area (Å²) in [5.74, 6) is 1.70. The van der Waals surface area contributed by atoms with E-state index in [1.807, 2.05) is 0 Å². The lowest BCUT2D eigenvalue weighted by Crippen LogP contribution is -2.10. The van der Waals surface area contributed by atoms with Crippen LogP contribution in [0.25, 0.3) is 100 Å². The Morgan fingerprint density at radius 2 is 0.696 bits per heavy atom. The van der Waals surface area contributed by atoms with Crippen molar-refractivity contribution in [1.82, 2.24) is 24.1 Å². The van der Waals surface area contributed by atoms with E-state index in [0.29, 0.717) is 17.7 Å². The summed E-state index contributed by atoms with van der Waals surface area (Å²) in [7, 11) is 0. The minimum Gasteiger partial charge on any atom is -0.278 e. The predicted molar refractivity (Wildman–Crippen MR) is 230 cm³/mol. The SMILES string of the molecule is c1ccc(-c2cccc(-c3ccccc3-c3nc(-n4c5ccccc5c5ccccc54)nc(-n4c5ccccc5c5ccc(-c6ccccc6)cc54)n3)c2)cc1. The predicted octanol–water partition coefficient (Wildman–Crippen LogP) is 12.7. The van der Waals surface area contributed by atoms with Crippen molar-refractivity contribution >= 4 is 43.6 Å². The fourth-order valence-corrected chi connectivity index (χ4v) is 8.24. The molecule has 8 aromatic carbocycles. The standard InChI is InChI=1S/C51H33N5/c1-3-16-34(17-4-1)36-20-15-21-38(32-36)39-22-7-8-26-44(39)49-52-50(55-45-27-12-9-23-40(45)41-24-10-13-28-46(41)55)54-51(53-49)56-47-29-14-11-25-42(47)43-31-30-37(33-48(43)56)35-18-5-2-6-19-35/h1-33H. The molecule has 11 rings (SSSR count). The monoisotopic (exact) mass is 715 g/mol. The molecule has 0 aliphatic heterocycles. The highest BCUT2D eigenvalue weighted by Gasteiger charge is 2.22. The van der Waals surface area contributed by atoms with E-state index in [2.05, 4.69) is 209 Å². The van der Waals surface area contributed by atoms with Gasteiger partial charge in [0.1, 0.15) is 0 Å². The molecule has 0 saturated carbocycles. The number of para-hydroxylation sites is 3. The van der Waals surface area contributed by atoms with Gasteiger partial charge in [-0.2, -0.15) is 15.0 Å². The number of benzene rings is 8. The third kappa shape index (κ3) is 5.21. The fraction of sp³-hybridized carbons (Fsp3) is 0. The van der Waals surface area contributed by atoms with Crippen LogP contribution in [-0.4, -0.2) is 24.1 Å². The Morgan fingerprint density at radius 3 is 1.29 bits per heavy atom. The van der Waals surface area contributed by atoms with Gasteiger partial charge in [-0.1, -0.05) is 170 Å². The van der Waals surface area contributed by atoms with E-state index in [0.717, 1.165) is 77.0 Å². The number of hydrogen-bond donors (Lipinski definition) is 0. The highest BCUT2D eigenvalue weighted by molar-refractivity contribution is 6.10. The van der Waals surface area contributed by atoms with E-state index in [1.165, 1.54) is 5.56 Å². The molecule has 11 aromatic rings. The first-order valence-electron chi connectivity index (χ1n) is 18.9. The van der Waals surface area contributed by atoms with Crippen molar-refractivity contribution in [1.29, 1.82) is 0 Å². The molecule has 0 atom stereocenters. The molecule has 0 aliphatic carbocycles. The molecule has 0 saturated heterocycles. The maximum Gasteiger partial charge on any atom is 0.240 e. The number of fused-ring (bicyclic) bond motifs is 6. The molecule has 56 heavy (non-hydrogen) atoms. The fourth-order valence-electron chi connectivity index (χ4n) is 8.24. The van der Waals surface area contributed by atoms with E-state index in [9.17, 15) is 0 Å². The highest BCUT2D eigenvalue weighted by atomic mass is 15.3. The van der Waals surface area contributed by atoms with E-state index in [-0.39, 0.29) is 0 Å². The summed E-state index contributed by atoms with van der Waals surface area (Å²) in [6.45, 7) is 0. The highest BCUT2D eigenvalue weighted by Crippen LogP contribution is 2.38. The van der Waals surface area contributed by atoms with Gasteiger partial charge < -0.3 is 0 Å². The van der Waals surface area contributed by atoms with Crippen molar-refractivity contribution in [3.05, 3.63) is 200 Å². The minimum absolute atomic E-state index is 0.552. The summed E-state index contributed by atoms with van der Waals surface area (Å²) in [6.07, 6.45) is 0. The van der Waals surface area contributed by atoms with Crippen LogP contribution in [0.1, 0.15) is 0 Å². The van der Waals surface area contributed by atoms with Crippen molar-refractivity contribution in [2.75, 3.05) is 0 Å². The van der Waals surface area contributed by atoms with Gasteiger partial charge in [-0.3, -0.25) is 9.13 Å². The van der Waals surface area contributed by atoms with E-state index in [4.69, 9.17) is 15.0 Å². The molecule has 3 aromatic heterocycles. The molecular weight excluding hydrogens is 683 g/mol. The van der Waals surface area contributed by atoms with Crippen LogP contribution in [0.15, 0.2) is 200 Å². The summed E-state index contributed by atoms with van der Waals surface area (Å²) in [5.41, 5.74) is 11.8. The number of aromatic nitrogens is 5. The quantitative estimate of drug-likeness (QED) is 0.172. The molecule has 0 aliphatic rings. The van der Waals surface area contributed by atoms with Crippen LogP contribution in [0.5, 0.6) is 0 Å². The molecule has 0 bridgehead atoms. The first-order valence-corrected chi connectivity index (χ1v) is 18.9. The Morgan fingerprint density at radius 1 is 0.268 bits per heavy atom. The zero-order chi connectivity index (χ0) is 37.0. The minimum atomic E-state index is 0.552. The third-order valence-electron chi connectivity index (χ3n) is 10.8. The smallest absolute Gasteiger partial charge is 0.240 e. The van der Waals surface area contributed by atoms with Crippen LogP contribution >= 0.6 is 0 Å². The lowest BCUT2D eigenvalue weighted by atomic mass is 9.95. The largest absolute Gasteiger partial charge is 0.278 e. The lowest BCUT2D eigenvalue weighted by molar-refractivity contribution is 0.893. The maximum absolute atomic E-state index is 5.41. The van der Waals surface area contributed by atoms with Gasteiger partial charge in [0.15, 0.2) is 5.82 Å². The van der Waals surface area contributed by atoms with Crippen molar-refractivity contribution in [3.63, 3.8) is 0 Å². The first kappa shape index (κ1) is 31.9. The van der Waals surface area contributed by atoms with Crippen molar-refractivity contribution in [2.45, 2.75) is 0 Å². The molecule has 0 fully saturated rings. The summed E-state index contributed by atoms with van der Waals surface area (Å²) in [4.78, 5) is 16.2. The second-order valence-corrected chi connectivity index (χ2v) is 14.1. The molecule has 0 unspecified atom stereocenters. The summed E-state index contributed by atoms with van der Waals surface area (Å²) in [6, 6.07) is 70.3. The first-order chi connectivity index (χ1) is 27.8. The lowest BCUT2D eigenvalue weighted by Gasteiger charge is -2.15. The molecular formula is C51H33N5. The van der Waals surface area contributed by atoms with Gasteiger partial charge in [0.25, 0.3) is 0 Å². The van der Waals surface area contributed by atoms with Gasteiger partial charge >= 0.3 is 0 Å². The second-order valence-electron chi connectivity index (χ2n) is 14.1. The summed E-state index contributed by atoms with van der Waals surface area (Å²) < 4.78 is 4.39. The number of hydrogen-bond acceptors (Lipinski definition) is 3. The molecule has 0 radical (unpaired) electrons. The third-order valence-corrected chi connectivity index (χ3v) is 10.8. The zero-order valence-corrected chi connectivity index (χ0v) is 30.3. The molecule has 0 amide bonds. The number of rotatable bonds is 6.